The minimum absolute atomic E-state index is 0.0871. The van der Waals surface area contributed by atoms with Crippen LogP contribution < -0.4 is 0 Å². The molecule has 0 spiro atoms. The van der Waals surface area contributed by atoms with Crippen LogP contribution in [0.4, 0.5) is 0 Å². The highest BCUT2D eigenvalue weighted by Crippen LogP contribution is 2.43. The highest BCUT2D eigenvalue weighted by atomic mass is 32.2. The maximum atomic E-state index is 12.2. The van der Waals surface area contributed by atoms with Crippen molar-refractivity contribution in [3.05, 3.63) is 0 Å². The fourth-order valence-corrected chi connectivity index (χ4v) is 6.53. The van der Waals surface area contributed by atoms with E-state index in [2.05, 4.69) is 0 Å². The van der Waals surface area contributed by atoms with Crippen molar-refractivity contribution in [1.82, 2.24) is 4.31 Å². The van der Waals surface area contributed by atoms with E-state index in [-0.39, 0.29) is 18.4 Å². The zero-order valence-electron chi connectivity index (χ0n) is 11.2. The third kappa shape index (κ3) is 3.15. The van der Waals surface area contributed by atoms with Gasteiger partial charge in [-0.25, -0.2) is 16.8 Å². The summed E-state index contributed by atoms with van der Waals surface area (Å²) < 4.78 is 47.7. The van der Waals surface area contributed by atoms with E-state index in [0.717, 1.165) is 29.8 Å². The molecule has 7 nitrogen and oxygen atoms in total. The van der Waals surface area contributed by atoms with Crippen LogP contribution in [0, 0.1) is 11.8 Å². The Balaban J connectivity index is 2.20. The van der Waals surface area contributed by atoms with Crippen molar-refractivity contribution in [3.8, 4) is 0 Å². The average molecular weight is 325 g/mol. The standard InChI is InChI=1S/C11H19NO6S2/c1-19(15,16)5-6-20(17,18)12-7-8-3-2-4-9(8)10(12)11(13)14/h8-10H,2-7H2,1H3,(H,13,14). The molecule has 1 aliphatic heterocycles. The lowest BCUT2D eigenvalue weighted by Crippen LogP contribution is -2.44. The Morgan fingerprint density at radius 3 is 2.40 bits per heavy atom. The smallest absolute Gasteiger partial charge is 0.322 e. The molecule has 116 valence electrons. The van der Waals surface area contributed by atoms with Crippen molar-refractivity contribution in [2.75, 3.05) is 24.3 Å². The molecule has 0 radical (unpaired) electrons. The number of fused-ring (bicyclic) bond motifs is 1. The van der Waals surface area contributed by atoms with Crippen LogP contribution >= 0.6 is 0 Å². The Hall–Kier alpha value is -0.670. The zero-order chi connectivity index (χ0) is 15.1. The largest absolute Gasteiger partial charge is 0.480 e. The molecule has 0 amide bonds. The number of carboxylic acid groups (broad SMARTS) is 1. The van der Waals surface area contributed by atoms with Gasteiger partial charge in [-0.1, -0.05) is 6.42 Å². The van der Waals surface area contributed by atoms with Crippen molar-refractivity contribution in [3.63, 3.8) is 0 Å². The number of hydrogen-bond acceptors (Lipinski definition) is 5. The second-order valence-corrected chi connectivity index (χ2v) is 9.95. The fourth-order valence-electron chi connectivity index (χ4n) is 3.23. The van der Waals surface area contributed by atoms with E-state index in [9.17, 15) is 26.7 Å². The number of carboxylic acids is 1. The number of nitrogens with zero attached hydrogens (tertiary/aromatic N) is 1. The summed E-state index contributed by atoms with van der Waals surface area (Å²) in [6.07, 6.45) is 3.46. The molecule has 0 bridgehead atoms. The number of sulfonamides is 1. The number of carbonyl (C=O) groups is 1. The van der Waals surface area contributed by atoms with Gasteiger partial charge in [-0.2, -0.15) is 4.31 Å². The first-order valence-electron chi connectivity index (χ1n) is 6.52. The minimum atomic E-state index is -3.86. The van der Waals surface area contributed by atoms with Gasteiger partial charge in [0.1, 0.15) is 15.9 Å². The zero-order valence-corrected chi connectivity index (χ0v) is 12.9. The van der Waals surface area contributed by atoms with Gasteiger partial charge in [-0.3, -0.25) is 4.79 Å². The van der Waals surface area contributed by atoms with Crippen molar-refractivity contribution < 1.29 is 26.7 Å². The van der Waals surface area contributed by atoms with Gasteiger partial charge < -0.3 is 5.11 Å². The predicted octanol–water partition coefficient (Wildman–Crippen LogP) is -0.454. The second kappa shape index (κ2) is 5.27. The Bertz CT molecular complexity index is 596. The molecule has 2 rings (SSSR count). The maximum Gasteiger partial charge on any atom is 0.322 e. The van der Waals surface area contributed by atoms with Gasteiger partial charge in [0, 0.05) is 12.8 Å². The van der Waals surface area contributed by atoms with Crippen LogP contribution in [0.3, 0.4) is 0 Å². The van der Waals surface area contributed by atoms with Gasteiger partial charge in [0.25, 0.3) is 0 Å². The summed E-state index contributed by atoms with van der Waals surface area (Å²) in [5, 5.41) is 9.30. The van der Waals surface area contributed by atoms with Gasteiger partial charge in [-0.05, 0) is 24.7 Å². The molecule has 3 atom stereocenters. The third-order valence-corrected chi connectivity index (χ3v) is 7.19. The van der Waals surface area contributed by atoms with Crippen molar-refractivity contribution in [2.45, 2.75) is 25.3 Å². The lowest BCUT2D eigenvalue weighted by molar-refractivity contribution is -0.142. The van der Waals surface area contributed by atoms with Crippen LogP contribution in [0.2, 0.25) is 0 Å². The Morgan fingerprint density at radius 2 is 1.85 bits per heavy atom. The summed E-state index contributed by atoms with van der Waals surface area (Å²) in [4.78, 5) is 11.4. The second-order valence-electron chi connectivity index (χ2n) is 5.65. The molecular formula is C11H19NO6S2. The third-order valence-electron chi connectivity index (χ3n) is 4.17. The molecule has 0 aromatic carbocycles. The van der Waals surface area contributed by atoms with E-state index in [1.807, 2.05) is 0 Å². The molecule has 1 saturated heterocycles. The van der Waals surface area contributed by atoms with E-state index < -0.39 is 43.4 Å². The summed E-state index contributed by atoms with van der Waals surface area (Å²) in [5.74, 6) is -2.21. The highest BCUT2D eigenvalue weighted by Gasteiger charge is 2.51. The van der Waals surface area contributed by atoms with Crippen LogP contribution in [0.1, 0.15) is 19.3 Å². The van der Waals surface area contributed by atoms with Gasteiger partial charge in [0.2, 0.25) is 10.0 Å². The van der Waals surface area contributed by atoms with E-state index >= 15 is 0 Å². The first-order chi connectivity index (χ1) is 9.12. The maximum absolute atomic E-state index is 12.2. The first kappa shape index (κ1) is 15.7. The molecule has 1 aliphatic carbocycles. The number of sulfone groups is 1. The van der Waals surface area contributed by atoms with Crippen LogP contribution in [0.5, 0.6) is 0 Å². The van der Waals surface area contributed by atoms with Crippen LogP contribution in [-0.4, -0.2) is 62.6 Å². The Kier molecular flexibility index (Phi) is 4.14. The van der Waals surface area contributed by atoms with E-state index in [4.69, 9.17) is 0 Å². The van der Waals surface area contributed by atoms with Gasteiger partial charge >= 0.3 is 5.97 Å². The summed E-state index contributed by atoms with van der Waals surface area (Å²) in [6, 6.07) is -1.04. The molecule has 1 saturated carbocycles. The van der Waals surface area contributed by atoms with Crippen LogP contribution in [-0.2, 0) is 24.7 Å². The van der Waals surface area contributed by atoms with Crippen molar-refractivity contribution in [1.29, 1.82) is 0 Å². The van der Waals surface area contributed by atoms with E-state index in [0.29, 0.717) is 0 Å². The summed E-state index contributed by atoms with van der Waals surface area (Å²) in [7, 11) is -7.25. The Labute approximate surface area is 118 Å². The number of aliphatic carboxylic acids is 1. The lowest BCUT2D eigenvalue weighted by atomic mass is 9.94. The SMILES string of the molecule is CS(=O)(=O)CCS(=O)(=O)N1CC2CCCC2C1C(=O)O. The summed E-state index contributed by atoms with van der Waals surface area (Å²) in [6.45, 7) is 0.202. The minimum Gasteiger partial charge on any atom is -0.480 e. The van der Waals surface area contributed by atoms with E-state index in [1.165, 1.54) is 0 Å². The van der Waals surface area contributed by atoms with Gasteiger partial charge in [0.15, 0.2) is 0 Å². The van der Waals surface area contributed by atoms with E-state index in [1.54, 1.807) is 0 Å². The molecule has 0 aromatic rings. The molecule has 2 aliphatic rings. The van der Waals surface area contributed by atoms with Gasteiger partial charge in [-0.15, -0.1) is 0 Å². The number of rotatable bonds is 5. The fraction of sp³-hybridized carbons (Fsp3) is 0.909. The molecule has 1 N–H and O–H groups in total. The molecule has 2 fully saturated rings. The molecule has 1 heterocycles. The van der Waals surface area contributed by atoms with Crippen molar-refractivity contribution in [2.24, 2.45) is 11.8 Å². The van der Waals surface area contributed by atoms with Crippen LogP contribution in [0.15, 0.2) is 0 Å². The molecule has 3 unspecified atom stereocenters. The average Bonchev–Trinajstić information content (AvgIpc) is 2.84. The normalized spacial score (nSPS) is 31.4. The topological polar surface area (TPSA) is 109 Å². The number of hydrogen-bond donors (Lipinski definition) is 1. The predicted molar refractivity (Wildman–Crippen MR) is 72.5 cm³/mol. The molecule has 9 heteroatoms. The molecule has 20 heavy (non-hydrogen) atoms. The summed E-state index contributed by atoms with van der Waals surface area (Å²) in [5.41, 5.74) is 0. The quantitative estimate of drug-likeness (QED) is 0.733. The monoisotopic (exact) mass is 325 g/mol. The first-order valence-corrected chi connectivity index (χ1v) is 10.2. The van der Waals surface area contributed by atoms with Crippen LogP contribution in [0.25, 0.3) is 0 Å². The lowest BCUT2D eigenvalue weighted by Gasteiger charge is -2.23. The highest BCUT2D eigenvalue weighted by molar-refractivity contribution is 7.93. The van der Waals surface area contributed by atoms with Crippen molar-refractivity contribution >= 4 is 25.8 Å². The van der Waals surface area contributed by atoms with Gasteiger partial charge in [0.05, 0.1) is 11.5 Å². The summed E-state index contributed by atoms with van der Waals surface area (Å²) >= 11 is 0. The molecule has 0 aromatic heterocycles. The molecular weight excluding hydrogens is 306 g/mol. The Morgan fingerprint density at radius 1 is 1.20 bits per heavy atom.